The van der Waals surface area contributed by atoms with Gasteiger partial charge in [-0.15, -0.1) is 0 Å². The smallest absolute Gasteiger partial charge is 0.223 e. The molecule has 6 nitrogen and oxygen atoms in total. The molecule has 0 aliphatic heterocycles. The lowest BCUT2D eigenvalue weighted by molar-refractivity contribution is -0.123. The van der Waals surface area contributed by atoms with Crippen LogP contribution in [0.5, 0.6) is 0 Å². The summed E-state index contributed by atoms with van der Waals surface area (Å²) in [4.78, 5) is 11.6. The van der Waals surface area contributed by atoms with Gasteiger partial charge in [0.15, 0.2) is 5.84 Å². The monoisotopic (exact) mass is 245 g/mol. The zero-order valence-corrected chi connectivity index (χ0v) is 10.8. The average Bonchev–Trinajstić information content (AvgIpc) is 2.33. The summed E-state index contributed by atoms with van der Waals surface area (Å²) in [5, 5.41) is 14.3. The molecule has 17 heavy (non-hydrogen) atoms. The van der Waals surface area contributed by atoms with Gasteiger partial charge in [-0.3, -0.25) is 4.79 Å². The molecule has 0 bridgehead atoms. The van der Waals surface area contributed by atoms with Crippen molar-refractivity contribution in [3.8, 4) is 0 Å². The summed E-state index contributed by atoms with van der Waals surface area (Å²) in [6.45, 7) is 6.61. The normalized spacial score (nSPS) is 15.4. The molecule has 0 fully saturated rings. The van der Waals surface area contributed by atoms with Gasteiger partial charge < -0.3 is 21.0 Å². The van der Waals surface area contributed by atoms with Crippen molar-refractivity contribution < 1.29 is 14.7 Å². The van der Waals surface area contributed by atoms with Gasteiger partial charge in [-0.1, -0.05) is 19.0 Å². The molecule has 1 unspecified atom stereocenters. The predicted molar refractivity (Wildman–Crippen MR) is 66.0 cm³/mol. The maximum Gasteiger partial charge on any atom is 0.223 e. The van der Waals surface area contributed by atoms with Crippen LogP contribution >= 0.6 is 0 Å². The number of hydrogen-bond donors (Lipinski definition) is 3. The largest absolute Gasteiger partial charge is 0.409 e. The van der Waals surface area contributed by atoms with Crippen molar-refractivity contribution in [1.82, 2.24) is 5.32 Å². The molecule has 0 aliphatic rings. The van der Waals surface area contributed by atoms with E-state index in [0.29, 0.717) is 19.6 Å². The third kappa shape index (κ3) is 5.53. The van der Waals surface area contributed by atoms with Crippen molar-refractivity contribution in [2.75, 3.05) is 13.2 Å². The van der Waals surface area contributed by atoms with E-state index in [4.69, 9.17) is 15.7 Å². The fraction of sp³-hybridized carbons (Fsp3) is 0.818. The highest BCUT2D eigenvalue weighted by molar-refractivity contribution is 5.93. The first-order valence-electron chi connectivity index (χ1n) is 5.87. The molecular weight excluding hydrogens is 222 g/mol. The number of hydrogen-bond acceptors (Lipinski definition) is 4. The van der Waals surface area contributed by atoms with Crippen molar-refractivity contribution in [3.63, 3.8) is 0 Å². The topological polar surface area (TPSA) is 96.9 Å². The number of amidine groups is 1. The van der Waals surface area contributed by atoms with Gasteiger partial charge in [0.25, 0.3) is 0 Å². The van der Waals surface area contributed by atoms with E-state index in [9.17, 15) is 4.79 Å². The molecule has 0 spiro atoms. The highest BCUT2D eigenvalue weighted by Gasteiger charge is 2.29. The van der Waals surface area contributed by atoms with Gasteiger partial charge in [-0.2, -0.15) is 0 Å². The average molecular weight is 245 g/mol. The van der Waals surface area contributed by atoms with E-state index in [2.05, 4.69) is 10.5 Å². The lowest BCUT2D eigenvalue weighted by Gasteiger charge is -2.27. The highest BCUT2D eigenvalue weighted by atomic mass is 16.5. The van der Waals surface area contributed by atoms with Crippen molar-refractivity contribution in [2.45, 2.75) is 45.6 Å². The summed E-state index contributed by atoms with van der Waals surface area (Å²) in [5.41, 5.74) is 4.73. The first-order chi connectivity index (χ1) is 8.00. The van der Waals surface area contributed by atoms with Crippen molar-refractivity contribution in [1.29, 1.82) is 0 Å². The SMILES string of the molecule is CCCOCCC(=O)NC(C)(CC)C(N)=NO. The number of nitrogens with one attached hydrogen (secondary N) is 1. The van der Waals surface area contributed by atoms with Crippen LogP contribution in [0.1, 0.15) is 40.0 Å². The summed E-state index contributed by atoms with van der Waals surface area (Å²) >= 11 is 0. The molecule has 0 heterocycles. The minimum atomic E-state index is -0.809. The van der Waals surface area contributed by atoms with E-state index < -0.39 is 5.54 Å². The molecule has 4 N–H and O–H groups in total. The minimum absolute atomic E-state index is 0.00262. The Bertz CT molecular complexity index is 269. The van der Waals surface area contributed by atoms with E-state index in [1.165, 1.54) is 0 Å². The molecule has 1 atom stereocenters. The van der Waals surface area contributed by atoms with Crippen molar-refractivity contribution in [2.24, 2.45) is 10.9 Å². The maximum absolute atomic E-state index is 11.6. The fourth-order valence-corrected chi connectivity index (χ4v) is 1.23. The molecule has 0 saturated carbocycles. The Balaban J connectivity index is 4.16. The summed E-state index contributed by atoms with van der Waals surface area (Å²) in [6.07, 6.45) is 1.75. The number of nitrogens with zero attached hydrogens (tertiary/aromatic N) is 1. The highest BCUT2D eigenvalue weighted by Crippen LogP contribution is 2.09. The molecule has 0 rings (SSSR count). The van der Waals surface area contributed by atoms with Gasteiger partial charge in [0.05, 0.1) is 12.1 Å². The molecule has 0 radical (unpaired) electrons. The van der Waals surface area contributed by atoms with E-state index >= 15 is 0 Å². The van der Waals surface area contributed by atoms with Crippen LogP contribution < -0.4 is 11.1 Å². The van der Waals surface area contributed by atoms with E-state index in [0.717, 1.165) is 6.42 Å². The number of amides is 1. The number of nitrogens with two attached hydrogens (primary N) is 1. The Labute approximate surface area is 102 Å². The molecule has 1 amide bonds. The van der Waals surface area contributed by atoms with Crippen LogP contribution in [0, 0.1) is 0 Å². The second kappa shape index (κ2) is 7.89. The maximum atomic E-state index is 11.6. The second-order valence-corrected chi connectivity index (χ2v) is 4.08. The van der Waals surface area contributed by atoms with Gasteiger partial charge in [0, 0.05) is 13.0 Å². The van der Waals surface area contributed by atoms with Gasteiger partial charge in [-0.05, 0) is 19.8 Å². The molecule has 0 saturated heterocycles. The molecule has 0 aromatic carbocycles. The van der Waals surface area contributed by atoms with E-state index in [-0.39, 0.29) is 18.2 Å². The number of carbonyl (C=O) groups excluding carboxylic acids is 1. The number of ether oxygens (including phenoxy) is 1. The first kappa shape index (κ1) is 15.7. The van der Waals surface area contributed by atoms with Crippen LogP contribution in [0.4, 0.5) is 0 Å². The van der Waals surface area contributed by atoms with Crippen LogP contribution in [-0.2, 0) is 9.53 Å². The summed E-state index contributed by atoms with van der Waals surface area (Å²) < 4.78 is 5.22. The number of carbonyl (C=O) groups is 1. The Morgan fingerprint density at radius 2 is 2.12 bits per heavy atom. The fourth-order valence-electron chi connectivity index (χ4n) is 1.23. The van der Waals surface area contributed by atoms with Crippen molar-refractivity contribution >= 4 is 11.7 Å². The lowest BCUT2D eigenvalue weighted by Crippen LogP contribution is -2.55. The quantitative estimate of drug-likeness (QED) is 0.194. The van der Waals surface area contributed by atoms with Crippen LogP contribution in [0.3, 0.4) is 0 Å². The Hall–Kier alpha value is -1.30. The first-order valence-corrected chi connectivity index (χ1v) is 5.87. The molecular formula is C11H23N3O3. The Morgan fingerprint density at radius 1 is 1.47 bits per heavy atom. The zero-order valence-electron chi connectivity index (χ0n) is 10.8. The van der Waals surface area contributed by atoms with Gasteiger partial charge in [0.1, 0.15) is 0 Å². The van der Waals surface area contributed by atoms with Gasteiger partial charge in [-0.25, -0.2) is 0 Å². The predicted octanol–water partition coefficient (Wildman–Crippen LogP) is 0.834. The number of rotatable bonds is 8. The number of oxime groups is 1. The molecule has 100 valence electrons. The van der Waals surface area contributed by atoms with E-state index in [1.54, 1.807) is 6.92 Å². The Kier molecular flexibility index (Phi) is 7.29. The second-order valence-electron chi connectivity index (χ2n) is 4.08. The summed E-state index contributed by atoms with van der Waals surface area (Å²) in [7, 11) is 0. The molecule has 0 aromatic rings. The zero-order chi connectivity index (χ0) is 13.3. The van der Waals surface area contributed by atoms with Gasteiger partial charge in [0.2, 0.25) is 5.91 Å². The molecule has 0 aliphatic carbocycles. The molecule has 6 heteroatoms. The van der Waals surface area contributed by atoms with E-state index in [1.807, 2.05) is 13.8 Å². The van der Waals surface area contributed by atoms with Crippen LogP contribution in [0.2, 0.25) is 0 Å². The van der Waals surface area contributed by atoms with Crippen molar-refractivity contribution in [3.05, 3.63) is 0 Å². The summed E-state index contributed by atoms with van der Waals surface area (Å²) in [6, 6.07) is 0. The van der Waals surface area contributed by atoms with Crippen LogP contribution in [0.25, 0.3) is 0 Å². The third-order valence-corrected chi connectivity index (χ3v) is 2.62. The third-order valence-electron chi connectivity index (χ3n) is 2.62. The lowest BCUT2D eigenvalue weighted by atomic mass is 9.97. The Morgan fingerprint density at radius 3 is 2.59 bits per heavy atom. The minimum Gasteiger partial charge on any atom is -0.409 e. The van der Waals surface area contributed by atoms with Crippen LogP contribution in [-0.4, -0.2) is 35.7 Å². The standard InChI is InChI=1S/C11H23N3O3/c1-4-7-17-8-6-9(15)13-11(3,5-2)10(12)14-16/h16H,4-8H2,1-3H3,(H2,12,14)(H,13,15). The molecule has 0 aromatic heterocycles. The summed E-state index contributed by atoms with van der Waals surface area (Å²) in [5.74, 6) is -0.167. The van der Waals surface area contributed by atoms with Gasteiger partial charge >= 0.3 is 0 Å². The van der Waals surface area contributed by atoms with Crippen LogP contribution in [0.15, 0.2) is 5.16 Å².